The van der Waals surface area contributed by atoms with E-state index in [-0.39, 0.29) is 5.56 Å². The first kappa shape index (κ1) is 16.7. The molecule has 3 heterocycles. The summed E-state index contributed by atoms with van der Waals surface area (Å²) in [6.07, 6.45) is 1.62. The monoisotopic (exact) mass is 353 g/mol. The first-order valence-electron chi connectivity index (χ1n) is 8.75. The van der Waals surface area contributed by atoms with E-state index in [1.165, 1.54) is 6.07 Å². The van der Waals surface area contributed by atoms with E-state index >= 15 is 0 Å². The van der Waals surface area contributed by atoms with Crippen molar-refractivity contribution < 1.29 is 4.39 Å². The Labute approximate surface area is 150 Å². The van der Waals surface area contributed by atoms with E-state index < -0.39 is 5.95 Å². The number of nitrogens with zero attached hydrogens (tertiary/aromatic N) is 5. The Morgan fingerprint density at radius 3 is 2.58 bits per heavy atom. The molecule has 1 saturated heterocycles. The summed E-state index contributed by atoms with van der Waals surface area (Å²) in [6, 6.07) is 12.3. The minimum atomic E-state index is -0.451. The molecule has 6 nitrogen and oxygen atoms in total. The Morgan fingerprint density at radius 1 is 0.962 bits per heavy atom. The number of hydrogen-bond donors (Lipinski definition) is 0. The minimum Gasteiger partial charge on any atom is -0.354 e. The van der Waals surface area contributed by atoms with Gasteiger partial charge in [-0.1, -0.05) is 18.2 Å². The smallest absolute Gasteiger partial charge is 0.261 e. The van der Waals surface area contributed by atoms with Crippen LogP contribution in [0.25, 0.3) is 10.9 Å². The van der Waals surface area contributed by atoms with Crippen molar-refractivity contribution in [2.24, 2.45) is 0 Å². The van der Waals surface area contributed by atoms with Crippen LogP contribution in [0.4, 0.5) is 10.2 Å². The predicted molar refractivity (Wildman–Crippen MR) is 98.9 cm³/mol. The summed E-state index contributed by atoms with van der Waals surface area (Å²) >= 11 is 0. The van der Waals surface area contributed by atoms with Crippen molar-refractivity contribution in [3.63, 3.8) is 0 Å². The third-order valence-corrected chi connectivity index (χ3v) is 4.79. The Balaban J connectivity index is 1.37. The molecule has 0 saturated carbocycles. The fraction of sp³-hybridized carbons (Fsp3) is 0.316. The molecule has 134 valence electrons. The Morgan fingerprint density at radius 2 is 1.77 bits per heavy atom. The van der Waals surface area contributed by atoms with E-state index in [0.29, 0.717) is 17.7 Å². The maximum atomic E-state index is 13.3. The lowest BCUT2D eigenvalue weighted by molar-refractivity contribution is 0.246. The van der Waals surface area contributed by atoms with E-state index in [9.17, 15) is 9.18 Å². The first-order chi connectivity index (χ1) is 12.7. The van der Waals surface area contributed by atoms with E-state index in [0.717, 1.165) is 38.2 Å². The van der Waals surface area contributed by atoms with Crippen LogP contribution in [-0.4, -0.2) is 52.2 Å². The van der Waals surface area contributed by atoms with Gasteiger partial charge in [0.25, 0.3) is 5.56 Å². The van der Waals surface area contributed by atoms with Gasteiger partial charge in [-0.3, -0.25) is 14.3 Å². The van der Waals surface area contributed by atoms with Gasteiger partial charge in [0.15, 0.2) is 0 Å². The zero-order valence-electron chi connectivity index (χ0n) is 14.4. The summed E-state index contributed by atoms with van der Waals surface area (Å²) in [6.45, 7) is 4.68. The number of aromatic nitrogens is 3. The first-order valence-corrected chi connectivity index (χ1v) is 8.75. The molecule has 26 heavy (non-hydrogen) atoms. The van der Waals surface area contributed by atoms with Gasteiger partial charge < -0.3 is 4.90 Å². The summed E-state index contributed by atoms with van der Waals surface area (Å²) in [5, 5.41) is 0.650. The molecule has 1 aliphatic heterocycles. The number of benzene rings is 1. The maximum absolute atomic E-state index is 13.3. The van der Waals surface area contributed by atoms with E-state index in [1.807, 2.05) is 30.3 Å². The molecule has 0 amide bonds. The highest BCUT2D eigenvalue weighted by Gasteiger charge is 2.18. The van der Waals surface area contributed by atoms with Crippen molar-refractivity contribution in [1.29, 1.82) is 0 Å². The number of fused-ring (bicyclic) bond motifs is 1. The topological polar surface area (TPSA) is 54.3 Å². The predicted octanol–water partition coefficient (Wildman–Crippen LogP) is 1.75. The van der Waals surface area contributed by atoms with Crippen molar-refractivity contribution in [3.8, 4) is 0 Å². The van der Waals surface area contributed by atoms with E-state index in [1.54, 1.807) is 17.0 Å². The lowest BCUT2D eigenvalue weighted by atomic mass is 10.2. The standard InChI is InChI=1S/C19H20FN5O/c20-17-6-3-7-18(22-17)24-11-8-23(9-12-24)10-13-25-14-21-16-5-2-1-4-15(16)19(25)26/h1-7,14H,8-13H2. The van der Waals surface area contributed by atoms with Gasteiger partial charge in [-0.25, -0.2) is 9.97 Å². The number of pyridine rings is 1. The Bertz CT molecular complexity index is 965. The van der Waals surface area contributed by atoms with Gasteiger partial charge in [-0.05, 0) is 24.3 Å². The molecule has 3 aromatic rings. The lowest BCUT2D eigenvalue weighted by Gasteiger charge is -2.35. The molecule has 0 spiro atoms. The zero-order chi connectivity index (χ0) is 17.9. The maximum Gasteiger partial charge on any atom is 0.261 e. The van der Waals surface area contributed by atoms with Gasteiger partial charge in [-0.2, -0.15) is 4.39 Å². The van der Waals surface area contributed by atoms with Gasteiger partial charge in [0.1, 0.15) is 5.82 Å². The number of hydrogen-bond acceptors (Lipinski definition) is 5. The molecule has 7 heteroatoms. The second-order valence-corrected chi connectivity index (χ2v) is 6.41. The van der Waals surface area contributed by atoms with Gasteiger partial charge in [-0.15, -0.1) is 0 Å². The molecule has 4 rings (SSSR count). The van der Waals surface area contributed by atoms with E-state index in [4.69, 9.17) is 0 Å². The summed E-state index contributed by atoms with van der Waals surface area (Å²) in [7, 11) is 0. The molecule has 1 aromatic carbocycles. The second-order valence-electron chi connectivity index (χ2n) is 6.41. The summed E-state index contributed by atoms with van der Waals surface area (Å²) < 4.78 is 14.9. The average Bonchev–Trinajstić information content (AvgIpc) is 2.68. The molecule has 0 unspecified atom stereocenters. The molecule has 2 aromatic heterocycles. The van der Waals surface area contributed by atoms with Gasteiger partial charge in [0, 0.05) is 39.3 Å². The lowest BCUT2D eigenvalue weighted by Crippen LogP contribution is -2.47. The van der Waals surface area contributed by atoms with Crippen LogP contribution < -0.4 is 10.5 Å². The molecule has 0 radical (unpaired) electrons. The Hall–Kier alpha value is -2.80. The van der Waals surface area contributed by atoms with Crippen LogP contribution in [0.1, 0.15) is 0 Å². The van der Waals surface area contributed by atoms with Gasteiger partial charge >= 0.3 is 0 Å². The van der Waals surface area contributed by atoms with Gasteiger partial charge in [0.2, 0.25) is 5.95 Å². The second kappa shape index (κ2) is 7.21. The number of piperazine rings is 1. The molecule has 0 atom stereocenters. The summed E-state index contributed by atoms with van der Waals surface area (Å²) in [4.78, 5) is 25.2. The fourth-order valence-electron chi connectivity index (χ4n) is 3.29. The number of para-hydroxylation sites is 1. The fourth-order valence-corrected chi connectivity index (χ4v) is 3.29. The van der Waals surface area contributed by atoms with E-state index in [2.05, 4.69) is 19.8 Å². The molecule has 0 N–H and O–H groups in total. The number of anilines is 1. The van der Waals surface area contributed by atoms with Crippen LogP contribution >= 0.6 is 0 Å². The molecular formula is C19H20FN5O. The van der Waals surface area contributed by atoms with Crippen LogP contribution in [0.3, 0.4) is 0 Å². The largest absolute Gasteiger partial charge is 0.354 e. The third-order valence-electron chi connectivity index (χ3n) is 4.79. The van der Waals surface area contributed by atoms with Crippen molar-refractivity contribution >= 4 is 16.7 Å². The average molecular weight is 353 g/mol. The highest BCUT2D eigenvalue weighted by Crippen LogP contribution is 2.13. The van der Waals surface area contributed by atoms with Crippen LogP contribution in [0.2, 0.25) is 0 Å². The van der Waals surface area contributed by atoms with Crippen LogP contribution in [0, 0.1) is 5.95 Å². The van der Waals surface area contributed by atoms with Crippen molar-refractivity contribution in [2.75, 3.05) is 37.6 Å². The Kier molecular flexibility index (Phi) is 4.62. The van der Waals surface area contributed by atoms with Gasteiger partial charge in [0.05, 0.1) is 17.2 Å². The molecular weight excluding hydrogens is 333 g/mol. The number of rotatable bonds is 4. The molecule has 1 aliphatic rings. The normalized spacial score (nSPS) is 15.5. The van der Waals surface area contributed by atoms with Crippen molar-refractivity contribution in [3.05, 3.63) is 65.1 Å². The molecule has 1 fully saturated rings. The van der Waals surface area contributed by atoms with Crippen LogP contribution in [0.15, 0.2) is 53.6 Å². The SMILES string of the molecule is O=c1c2ccccc2ncn1CCN1CCN(c2cccc(F)n2)CC1. The molecule has 0 aliphatic carbocycles. The summed E-state index contributed by atoms with van der Waals surface area (Å²) in [5.41, 5.74) is 0.725. The number of halogens is 1. The highest BCUT2D eigenvalue weighted by molar-refractivity contribution is 5.76. The summed E-state index contributed by atoms with van der Waals surface area (Å²) in [5.74, 6) is 0.229. The van der Waals surface area contributed by atoms with Crippen molar-refractivity contribution in [2.45, 2.75) is 6.54 Å². The third kappa shape index (κ3) is 3.43. The van der Waals surface area contributed by atoms with Crippen LogP contribution in [0.5, 0.6) is 0 Å². The quantitative estimate of drug-likeness (QED) is 0.669. The van der Waals surface area contributed by atoms with Crippen LogP contribution in [-0.2, 0) is 6.54 Å². The van der Waals surface area contributed by atoms with Crippen molar-refractivity contribution in [1.82, 2.24) is 19.4 Å². The highest BCUT2D eigenvalue weighted by atomic mass is 19.1. The molecule has 0 bridgehead atoms. The zero-order valence-corrected chi connectivity index (χ0v) is 14.4. The minimum absolute atomic E-state index is 0.00167.